The lowest BCUT2D eigenvalue weighted by Crippen LogP contribution is -2.45. The Morgan fingerprint density at radius 3 is 2.52 bits per heavy atom. The highest BCUT2D eigenvalue weighted by atomic mass is 19.1. The Balaban J connectivity index is 2.64. The number of nitrogens with one attached hydrogen (secondary N) is 1. The molecule has 1 aromatic carbocycles. The smallest absolute Gasteiger partial charge is 0.328 e. The van der Waals surface area contributed by atoms with Gasteiger partial charge in [0.2, 0.25) is 11.7 Å². The van der Waals surface area contributed by atoms with Crippen LogP contribution in [-0.4, -0.2) is 30.0 Å². The predicted octanol–water partition coefficient (Wildman–Crippen LogP) is 1.98. The first-order valence-corrected chi connectivity index (χ1v) is 7.06. The van der Waals surface area contributed by atoms with Crippen molar-refractivity contribution in [2.75, 3.05) is 7.11 Å². The van der Waals surface area contributed by atoms with E-state index in [1.165, 1.54) is 13.2 Å². The highest BCUT2D eigenvalue weighted by Gasteiger charge is 2.24. The lowest BCUT2D eigenvalue weighted by Gasteiger charge is -2.19. The van der Waals surface area contributed by atoms with Gasteiger partial charge in [-0.2, -0.15) is 4.39 Å². The third-order valence-electron chi connectivity index (χ3n) is 3.29. The maximum absolute atomic E-state index is 13.5. The molecule has 0 aliphatic heterocycles. The summed E-state index contributed by atoms with van der Waals surface area (Å²) in [5, 5.41) is 13.1. The summed E-state index contributed by atoms with van der Waals surface area (Å²) in [5.74, 6) is -1.99. The molecule has 0 unspecified atom stereocenters. The lowest BCUT2D eigenvalue weighted by atomic mass is 10.0. The second-order valence-electron chi connectivity index (χ2n) is 5.36. The molecule has 0 heterocycles. The van der Waals surface area contributed by atoms with Crippen molar-refractivity contribution in [2.45, 2.75) is 32.7 Å². The van der Waals surface area contributed by atoms with Crippen molar-refractivity contribution in [3.05, 3.63) is 39.7 Å². The molecule has 23 heavy (non-hydrogen) atoms. The SMILES string of the molecule is COC(=O)[C@@H](NC(=O)CCc1ccc([N+](=O)[O-])c(F)c1)C(C)C. The molecule has 0 saturated carbocycles. The van der Waals surface area contributed by atoms with Gasteiger partial charge in [0.05, 0.1) is 12.0 Å². The number of nitro benzene ring substituents is 1. The van der Waals surface area contributed by atoms with E-state index in [9.17, 15) is 24.1 Å². The monoisotopic (exact) mass is 326 g/mol. The van der Waals surface area contributed by atoms with Crippen LogP contribution in [0.25, 0.3) is 0 Å². The number of carbonyl (C=O) groups is 2. The van der Waals surface area contributed by atoms with E-state index in [-0.39, 0.29) is 24.7 Å². The number of nitro groups is 1. The van der Waals surface area contributed by atoms with Crippen LogP contribution in [0.1, 0.15) is 25.8 Å². The molecule has 0 bridgehead atoms. The van der Waals surface area contributed by atoms with E-state index in [2.05, 4.69) is 10.1 Å². The minimum absolute atomic E-state index is 0.0253. The molecule has 8 heteroatoms. The zero-order valence-corrected chi connectivity index (χ0v) is 13.2. The predicted molar refractivity (Wildman–Crippen MR) is 80.2 cm³/mol. The highest BCUT2D eigenvalue weighted by Crippen LogP contribution is 2.18. The van der Waals surface area contributed by atoms with E-state index in [0.29, 0.717) is 5.56 Å². The van der Waals surface area contributed by atoms with Crippen LogP contribution in [0.15, 0.2) is 18.2 Å². The van der Waals surface area contributed by atoms with Gasteiger partial charge in [0.25, 0.3) is 0 Å². The number of amides is 1. The maximum Gasteiger partial charge on any atom is 0.328 e. The van der Waals surface area contributed by atoms with Gasteiger partial charge in [-0.3, -0.25) is 14.9 Å². The molecule has 1 N–H and O–H groups in total. The number of ether oxygens (including phenoxy) is 1. The van der Waals surface area contributed by atoms with Crippen molar-refractivity contribution in [3.8, 4) is 0 Å². The molecular formula is C15H19FN2O5. The van der Waals surface area contributed by atoms with E-state index >= 15 is 0 Å². The van der Waals surface area contributed by atoms with E-state index in [0.717, 1.165) is 12.1 Å². The number of nitrogens with zero attached hydrogens (tertiary/aromatic N) is 1. The average Bonchev–Trinajstić information content (AvgIpc) is 2.49. The first-order valence-electron chi connectivity index (χ1n) is 7.06. The lowest BCUT2D eigenvalue weighted by molar-refractivity contribution is -0.387. The Kier molecular flexibility index (Phi) is 6.62. The number of aryl methyl sites for hydroxylation is 1. The van der Waals surface area contributed by atoms with Gasteiger partial charge in [-0.25, -0.2) is 4.79 Å². The molecule has 126 valence electrons. The van der Waals surface area contributed by atoms with Gasteiger partial charge < -0.3 is 10.1 Å². The Bertz CT molecular complexity index is 604. The molecule has 0 spiro atoms. The third kappa shape index (κ3) is 5.32. The third-order valence-corrected chi connectivity index (χ3v) is 3.29. The van der Waals surface area contributed by atoms with Crippen LogP contribution in [0.2, 0.25) is 0 Å². The number of esters is 1. The quantitative estimate of drug-likeness (QED) is 0.469. The molecule has 0 radical (unpaired) electrons. The first-order chi connectivity index (χ1) is 10.8. The number of hydrogen-bond donors (Lipinski definition) is 1. The molecule has 7 nitrogen and oxygen atoms in total. The molecule has 1 atom stereocenters. The fraction of sp³-hybridized carbons (Fsp3) is 0.467. The summed E-state index contributed by atoms with van der Waals surface area (Å²) in [6, 6.07) is 2.75. The summed E-state index contributed by atoms with van der Waals surface area (Å²) in [6.45, 7) is 3.54. The molecule has 0 fully saturated rings. The molecule has 0 aromatic heterocycles. The second kappa shape index (κ2) is 8.21. The minimum atomic E-state index is -0.942. The van der Waals surface area contributed by atoms with Crippen LogP contribution in [-0.2, 0) is 20.7 Å². The molecule has 1 rings (SSSR count). The van der Waals surface area contributed by atoms with Crippen molar-refractivity contribution in [3.63, 3.8) is 0 Å². The van der Waals surface area contributed by atoms with E-state index in [1.807, 2.05) is 0 Å². The summed E-state index contributed by atoms with van der Waals surface area (Å²) in [6.07, 6.45) is 0.226. The molecule has 0 aliphatic rings. The van der Waals surface area contributed by atoms with Gasteiger partial charge in [0.15, 0.2) is 0 Å². The van der Waals surface area contributed by atoms with Crippen molar-refractivity contribution in [1.29, 1.82) is 0 Å². The standard InChI is InChI=1S/C15H19FN2O5/c1-9(2)14(15(20)23-3)17-13(19)7-5-10-4-6-12(18(21)22)11(16)8-10/h4,6,8-9,14H,5,7H2,1-3H3,(H,17,19)/t14-/m0/s1. The van der Waals surface area contributed by atoms with Crippen LogP contribution >= 0.6 is 0 Å². The fourth-order valence-corrected chi connectivity index (χ4v) is 1.98. The summed E-state index contributed by atoms with van der Waals surface area (Å²) in [7, 11) is 1.24. The number of rotatable bonds is 7. The van der Waals surface area contributed by atoms with E-state index < -0.39 is 28.4 Å². The van der Waals surface area contributed by atoms with Crippen LogP contribution in [0.4, 0.5) is 10.1 Å². The summed E-state index contributed by atoms with van der Waals surface area (Å²) in [5.41, 5.74) is -0.147. The largest absolute Gasteiger partial charge is 0.467 e. The highest BCUT2D eigenvalue weighted by molar-refractivity contribution is 5.84. The maximum atomic E-state index is 13.5. The first kappa shape index (κ1) is 18.5. The van der Waals surface area contributed by atoms with Gasteiger partial charge >= 0.3 is 11.7 Å². The van der Waals surface area contributed by atoms with Gasteiger partial charge in [0.1, 0.15) is 6.04 Å². The Morgan fingerprint density at radius 2 is 2.04 bits per heavy atom. The Morgan fingerprint density at radius 1 is 1.39 bits per heavy atom. The molecule has 0 saturated heterocycles. The molecule has 1 aromatic rings. The van der Waals surface area contributed by atoms with Crippen LogP contribution in [0.5, 0.6) is 0 Å². The second-order valence-corrected chi connectivity index (χ2v) is 5.36. The molecule has 0 aliphatic carbocycles. The molecular weight excluding hydrogens is 307 g/mol. The van der Waals surface area contributed by atoms with Crippen molar-refractivity contribution in [2.24, 2.45) is 5.92 Å². The minimum Gasteiger partial charge on any atom is -0.467 e. The van der Waals surface area contributed by atoms with Gasteiger partial charge in [0, 0.05) is 12.5 Å². The van der Waals surface area contributed by atoms with Crippen molar-refractivity contribution < 1.29 is 23.6 Å². The summed E-state index contributed by atoms with van der Waals surface area (Å²) < 4.78 is 18.1. The van der Waals surface area contributed by atoms with Crippen molar-refractivity contribution >= 4 is 17.6 Å². The van der Waals surface area contributed by atoms with Gasteiger partial charge in [-0.1, -0.05) is 19.9 Å². The van der Waals surface area contributed by atoms with E-state index in [1.54, 1.807) is 13.8 Å². The fourth-order valence-electron chi connectivity index (χ4n) is 1.98. The number of carbonyl (C=O) groups excluding carboxylic acids is 2. The zero-order chi connectivity index (χ0) is 17.6. The normalized spacial score (nSPS) is 11.9. The van der Waals surface area contributed by atoms with Gasteiger partial charge in [-0.15, -0.1) is 0 Å². The summed E-state index contributed by atoms with van der Waals surface area (Å²) in [4.78, 5) is 33.2. The number of benzene rings is 1. The zero-order valence-electron chi connectivity index (χ0n) is 13.2. The van der Waals surface area contributed by atoms with Crippen LogP contribution < -0.4 is 5.32 Å². The summed E-state index contributed by atoms with van der Waals surface area (Å²) >= 11 is 0. The number of halogens is 1. The van der Waals surface area contributed by atoms with Crippen molar-refractivity contribution in [1.82, 2.24) is 5.32 Å². The van der Waals surface area contributed by atoms with Crippen LogP contribution in [0.3, 0.4) is 0 Å². The van der Waals surface area contributed by atoms with E-state index in [4.69, 9.17) is 0 Å². The number of hydrogen-bond acceptors (Lipinski definition) is 5. The van der Waals surface area contributed by atoms with Gasteiger partial charge in [-0.05, 0) is 24.0 Å². The van der Waals surface area contributed by atoms with Crippen LogP contribution in [0, 0.1) is 21.8 Å². The topological polar surface area (TPSA) is 98.5 Å². The molecule has 1 amide bonds. The Hall–Kier alpha value is -2.51. The Labute approximate surface area is 133 Å². The number of methoxy groups -OCH3 is 1. The average molecular weight is 326 g/mol.